The fourth-order valence-corrected chi connectivity index (χ4v) is 2.61. The van der Waals surface area contributed by atoms with Crippen molar-refractivity contribution < 1.29 is 14.3 Å². The number of benzene rings is 2. The minimum atomic E-state index is -0.584. The van der Waals surface area contributed by atoms with E-state index in [0.29, 0.717) is 29.7 Å². The summed E-state index contributed by atoms with van der Waals surface area (Å²) >= 11 is 6.06. The Kier molecular flexibility index (Phi) is 7.14. The lowest BCUT2D eigenvalue weighted by atomic mass is 9.87. The van der Waals surface area contributed by atoms with E-state index in [4.69, 9.17) is 21.1 Å². The van der Waals surface area contributed by atoms with Crippen LogP contribution in [-0.2, 0) is 10.2 Å². The van der Waals surface area contributed by atoms with Crippen molar-refractivity contribution in [2.75, 3.05) is 13.2 Å². The fraction of sp³-hybridized carbons (Fsp3) is 0.409. The number of aryl methyl sites for hydroxylation is 1. The van der Waals surface area contributed by atoms with E-state index in [-0.39, 0.29) is 11.3 Å². The van der Waals surface area contributed by atoms with Gasteiger partial charge >= 0.3 is 0 Å². The van der Waals surface area contributed by atoms with Gasteiger partial charge < -0.3 is 14.8 Å². The summed E-state index contributed by atoms with van der Waals surface area (Å²) in [5, 5.41) is 3.48. The molecule has 2 rings (SSSR count). The molecule has 0 radical (unpaired) electrons. The first-order valence-electron chi connectivity index (χ1n) is 9.10. The zero-order valence-corrected chi connectivity index (χ0v) is 17.4. The van der Waals surface area contributed by atoms with Gasteiger partial charge in [0.05, 0.1) is 6.54 Å². The normalized spacial score (nSPS) is 12.4. The van der Waals surface area contributed by atoms with Crippen LogP contribution in [-0.4, -0.2) is 25.2 Å². The number of halogens is 1. The summed E-state index contributed by atoms with van der Waals surface area (Å²) in [6, 6.07) is 13.4. The monoisotopic (exact) mass is 389 g/mol. The Balaban J connectivity index is 1.76. The van der Waals surface area contributed by atoms with Crippen LogP contribution >= 0.6 is 11.6 Å². The predicted octanol–water partition coefficient (Wildman–Crippen LogP) is 4.91. The summed E-state index contributed by atoms with van der Waals surface area (Å²) < 4.78 is 11.3. The van der Waals surface area contributed by atoms with Crippen molar-refractivity contribution in [1.29, 1.82) is 0 Å². The molecule has 0 aliphatic heterocycles. The highest BCUT2D eigenvalue weighted by molar-refractivity contribution is 6.31. The Bertz CT molecular complexity index is 766. The zero-order chi connectivity index (χ0) is 20.0. The summed E-state index contributed by atoms with van der Waals surface area (Å²) in [5.41, 5.74) is 2.31. The lowest BCUT2D eigenvalue weighted by molar-refractivity contribution is -0.127. The first-order chi connectivity index (χ1) is 12.7. The van der Waals surface area contributed by atoms with Crippen molar-refractivity contribution in [3.8, 4) is 11.5 Å². The molecule has 0 aliphatic carbocycles. The second-order valence-corrected chi connectivity index (χ2v) is 7.99. The number of amides is 1. The van der Waals surface area contributed by atoms with Crippen LogP contribution in [0.25, 0.3) is 0 Å². The molecule has 0 unspecified atom stereocenters. The number of hydrogen-bond donors (Lipinski definition) is 1. The third kappa shape index (κ3) is 6.47. The number of ether oxygens (including phenoxy) is 2. The van der Waals surface area contributed by atoms with E-state index in [1.807, 2.05) is 43.3 Å². The van der Waals surface area contributed by atoms with Gasteiger partial charge in [-0.1, -0.05) is 50.6 Å². The van der Waals surface area contributed by atoms with E-state index in [1.165, 1.54) is 5.56 Å². The average Bonchev–Trinajstić information content (AvgIpc) is 2.61. The van der Waals surface area contributed by atoms with E-state index in [0.717, 1.165) is 5.56 Å². The second-order valence-electron chi connectivity index (χ2n) is 7.58. The molecule has 0 saturated carbocycles. The maximum Gasteiger partial charge on any atom is 0.260 e. The van der Waals surface area contributed by atoms with Crippen LogP contribution in [0, 0.1) is 6.92 Å². The van der Waals surface area contributed by atoms with Crippen LogP contribution in [0.2, 0.25) is 5.02 Å². The van der Waals surface area contributed by atoms with E-state index in [2.05, 4.69) is 26.1 Å². The van der Waals surface area contributed by atoms with Gasteiger partial charge in [-0.2, -0.15) is 0 Å². The fourth-order valence-electron chi connectivity index (χ4n) is 2.44. The maximum absolute atomic E-state index is 12.2. The number of rotatable bonds is 7. The third-order valence-corrected chi connectivity index (χ3v) is 4.62. The molecule has 4 nitrogen and oxygen atoms in total. The number of nitrogens with one attached hydrogen (secondary N) is 1. The number of carbonyl (C=O) groups is 1. The Morgan fingerprint density at radius 1 is 1.11 bits per heavy atom. The van der Waals surface area contributed by atoms with Crippen molar-refractivity contribution in [1.82, 2.24) is 5.32 Å². The first kappa shape index (κ1) is 21.1. The highest BCUT2D eigenvalue weighted by Gasteiger charge is 2.16. The Labute approximate surface area is 166 Å². The van der Waals surface area contributed by atoms with E-state index >= 15 is 0 Å². The van der Waals surface area contributed by atoms with Gasteiger partial charge in [0.1, 0.15) is 18.1 Å². The van der Waals surface area contributed by atoms with Gasteiger partial charge in [0, 0.05) is 5.02 Å². The summed E-state index contributed by atoms with van der Waals surface area (Å²) in [6.07, 6.45) is -0.584. The maximum atomic E-state index is 12.2. The van der Waals surface area contributed by atoms with E-state index in [9.17, 15) is 4.79 Å². The smallest absolute Gasteiger partial charge is 0.260 e. The third-order valence-electron chi connectivity index (χ3n) is 4.22. The van der Waals surface area contributed by atoms with Crippen LogP contribution < -0.4 is 14.8 Å². The van der Waals surface area contributed by atoms with E-state index in [1.54, 1.807) is 13.0 Å². The van der Waals surface area contributed by atoms with Gasteiger partial charge in [0.2, 0.25) is 0 Å². The number of carbonyl (C=O) groups excluding carboxylic acids is 1. The molecule has 5 heteroatoms. The summed E-state index contributed by atoms with van der Waals surface area (Å²) in [6.45, 7) is 10.9. The second kappa shape index (κ2) is 9.14. The Morgan fingerprint density at radius 3 is 2.33 bits per heavy atom. The number of hydrogen-bond acceptors (Lipinski definition) is 3. The molecule has 1 N–H and O–H groups in total. The van der Waals surface area contributed by atoms with Crippen molar-refractivity contribution in [3.63, 3.8) is 0 Å². The molecule has 0 heterocycles. The average molecular weight is 390 g/mol. The lowest BCUT2D eigenvalue weighted by Crippen LogP contribution is -2.38. The molecular weight excluding hydrogens is 362 g/mol. The summed E-state index contributed by atoms with van der Waals surface area (Å²) in [4.78, 5) is 12.2. The molecule has 2 aromatic rings. The molecule has 0 spiro atoms. The molecule has 0 aliphatic rings. The van der Waals surface area contributed by atoms with Crippen LogP contribution in [0.4, 0.5) is 0 Å². The molecule has 27 heavy (non-hydrogen) atoms. The molecule has 1 atom stereocenters. The first-order valence-corrected chi connectivity index (χ1v) is 9.48. The van der Waals surface area contributed by atoms with Crippen LogP contribution in [0.3, 0.4) is 0 Å². The van der Waals surface area contributed by atoms with Gasteiger partial charge in [0.15, 0.2) is 6.10 Å². The minimum absolute atomic E-state index is 0.0865. The predicted molar refractivity (Wildman–Crippen MR) is 110 cm³/mol. The lowest BCUT2D eigenvalue weighted by Gasteiger charge is -2.20. The summed E-state index contributed by atoms with van der Waals surface area (Å²) in [7, 11) is 0. The largest absolute Gasteiger partial charge is 0.492 e. The molecule has 146 valence electrons. The van der Waals surface area contributed by atoms with E-state index < -0.39 is 6.10 Å². The van der Waals surface area contributed by atoms with Gasteiger partial charge in [-0.25, -0.2) is 0 Å². The summed E-state index contributed by atoms with van der Waals surface area (Å²) in [5.74, 6) is 1.18. The molecule has 0 bridgehead atoms. The molecular formula is C22H28ClNO3. The molecule has 2 aromatic carbocycles. The molecule has 0 fully saturated rings. The van der Waals surface area contributed by atoms with Crippen LogP contribution in [0.5, 0.6) is 11.5 Å². The van der Waals surface area contributed by atoms with Gasteiger partial charge in [-0.05, 0) is 54.7 Å². The van der Waals surface area contributed by atoms with Crippen molar-refractivity contribution in [3.05, 3.63) is 58.6 Å². The zero-order valence-electron chi connectivity index (χ0n) is 16.6. The Hall–Kier alpha value is -2.20. The molecule has 0 aromatic heterocycles. The Morgan fingerprint density at radius 2 is 1.74 bits per heavy atom. The highest BCUT2D eigenvalue weighted by Crippen LogP contribution is 2.24. The SMILES string of the molecule is Cc1ccc(OCCNC(=O)[C@H](C)Oc2ccc(C(C)(C)C)cc2)cc1Cl. The van der Waals surface area contributed by atoms with Crippen molar-refractivity contribution >= 4 is 17.5 Å². The molecule has 0 saturated heterocycles. The topological polar surface area (TPSA) is 47.6 Å². The van der Waals surface area contributed by atoms with Gasteiger partial charge in [-0.3, -0.25) is 4.79 Å². The van der Waals surface area contributed by atoms with Crippen LogP contribution in [0.1, 0.15) is 38.8 Å². The van der Waals surface area contributed by atoms with Gasteiger partial charge in [-0.15, -0.1) is 0 Å². The van der Waals surface area contributed by atoms with Crippen molar-refractivity contribution in [2.45, 2.75) is 46.1 Å². The molecule has 1 amide bonds. The quantitative estimate of drug-likeness (QED) is 0.684. The van der Waals surface area contributed by atoms with Crippen LogP contribution in [0.15, 0.2) is 42.5 Å². The highest BCUT2D eigenvalue weighted by atomic mass is 35.5. The standard InChI is InChI=1S/C22H28ClNO3/c1-15-6-9-19(14-20(15)23)26-13-12-24-21(25)16(2)27-18-10-7-17(8-11-18)22(3,4)5/h6-11,14,16H,12-13H2,1-5H3,(H,24,25)/t16-/m0/s1. The minimum Gasteiger partial charge on any atom is -0.492 e. The van der Waals surface area contributed by atoms with Crippen molar-refractivity contribution in [2.24, 2.45) is 0 Å². The van der Waals surface area contributed by atoms with Gasteiger partial charge in [0.25, 0.3) is 5.91 Å².